The van der Waals surface area contributed by atoms with Gasteiger partial charge in [-0.1, -0.05) is 65.7 Å². The Balaban J connectivity index is 1.82. The summed E-state index contributed by atoms with van der Waals surface area (Å²) in [6.45, 7) is 3.72. The number of esters is 1. The maximum absolute atomic E-state index is 12.9. The molecule has 3 aromatic rings. The van der Waals surface area contributed by atoms with Crippen molar-refractivity contribution < 1.29 is 17.9 Å². The molecule has 150 valence electrons. The zero-order valence-corrected chi connectivity index (χ0v) is 17.1. The lowest BCUT2D eigenvalue weighted by atomic mass is 10.1. The van der Waals surface area contributed by atoms with Crippen LogP contribution < -0.4 is 4.72 Å². The van der Waals surface area contributed by atoms with E-state index in [1.54, 1.807) is 48.5 Å². The molecule has 0 fully saturated rings. The summed E-state index contributed by atoms with van der Waals surface area (Å²) in [7, 11) is -3.79. The van der Waals surface area contributed by atoms with Gasteiger partial charge in [-0.25, -0.2) is 17.9 Å². The molecule has 3 aromatic carbocycles. The SMILES string of the molecule is Cc1ccc(C(COC(=O)c2ccccc2)NS(=O)(=O)c2ccc(C)cc2)cc1. The van der Waals surface area contributed by atoms with Crippen molar-refractivity contribution in [2.24, 2.45) is 0 Å². The van der Waals surface area contributed by atoms with Crippen molar-refractivity contribution in [1.82, 2.24) is 4.72 Å². The highest BCUT2D eigenvalue weighted by Gasteiger charge is 2.23. The summed E-state index contributed by atoms with van der Waals surface area (Å²) in [5.41, 5.74) is 3.15. The van der Waals surface area contributed by atoms with E-state index in [1.165, 1.54) is 0 Å². The third kappa shape index (κ3) is 5.53. The number of carbonyl (C=O) groups is 1. The van der Waals surface area contributed by atoms with Gasteiger partial charge in [-0.05, 0) is 43.7 Å². The number of carbonyl (C=O) groups excluding carboxylic acids is 1. The molecule has 3 rings (SSSR count). The molecule has 0 aliphatic rings. The molecule has 1 N–H and O–H groups in total. The van der Waals surface area contributed by atoms with E-state index in [0.29, 0.717) is 11.1 Å². The lowest BCUT2D eigenvalue weighted by Gasteiger charge is -2.20. The number of hydrogen-bond donors (Lipinski definition) is 1. The molecule has 0 saturated heterocycles. The highest BCUT2D eigenvalue weighted by molar-refractivity contribution is 7.89. The van der Waals surface area contributed by atoms with Crippen molar-refractivity contribution in [2.75, 3.05) is 6.61 Å². The molecule has 0 aliphatic carbocycles. The first-order valence-electron chi connectivity index (χ1n) is 9.23. The quantitative estimate of drug-likeness (QED) is 0.594. The minimum atomic E-state index is -3.79. The number of rotatable bonds is 7. The van der Waals surface area contributed by atoms with Gasteiger partial charge in [0.15, 0.2) is 0 Å². The normalized spacial score (nSPS) is 12.3. The van der Waals surface area contributed by atoms with Crippen LogP contribution >= 0.6 is 0 Å². The van der Waals surface area contributed by atoms with E-state index in [2.05, 4.69) is 4.72 Å². The van der Waals surface area contributed by atoms with Gasteiger partial charge in [-0.15, -0.1) is 0 Å². The largest absolute Gasteiger partial charge is 0.460 e. The average Bonchev–Trinajstić information content (AvgIpc) is 2.72. The second-order valence-electron chi connectivity index (χ2n) is 6.86. The van der Waals surface area contributed by atoms with E-state index in [9.17, 15) is 13.2 Å². The number of sulfonamides is 1. The molecule has 0 radical (unpaired) electrons. The Kier molecular flexibility index (Phi) is 6.46. The molecule has 0 saturated carbocycles. The Hall–Kier alpha value is -2.96. The fourth-order valence-electron chi connectivity index (χ4n) is 2.79. The summed E-state index contributed by atoms with van der Waals surface area (Å²) in [6.07, 6.45) is 0. The van der Waals surface area contributed by atoms with Gasteiger partial charge in [-0.2, -0.15) is 0 Å². The molecule has 0 heterocycles. The van der Waals surface area contributed by atoms with E-state index in [4.69, 9.17) is 4.74 Å². The first kappa shape index (κ1) is 20.8. The molecule has 0 aliphatic heterocycles. The fourth-order valence-corrected chi connectivity index (χ4v) is 4.00. The number of nitrogens with one attached hydrogen (secondary N) is 1. The first-order chi connectivity index (χ1) is 13.8. The van der Waals surface area contributed by atoms with Gasteiger partial charge in [0.25, 0.3) is 0 Å². The molecule has 1 atom stereocenters. The molecule has 0 spiro atoms. The van der Waals surface area contributed by atoms with Crippen LogP contribution in [0.15, 0.2) is 83.8 Å². The molecule has 1 unspecified atom stereocenters. The molecule has 29 heavy (non-hydrogen) atoms. The summed E-state index contributed by atoms with van der Waals surface area (Å²) in [5.74, 6) is -0.503. The topological polar surface area (TPSA) is 72.5 Å². The first-order valence-corrected chi connectivity index (χ1v) is 10.7. The maximum atomic E-state index is 12.9. The standard InChI is InChI=1S/C23H23NO4S/c1-17-8-12-19(13-9-17)22(16-28-23(25)20-6-4-3-5-7-20)24-29(26,27)21-14-10-18(2)11-15-21/h3-15,22,24H,16H2,1-2H3. The molecule has 0 aromatic heterocycles. The van der Waals surface area contributed by atoms with Crippen LogP contribution in [0.2, 0.25) is 0 Å². The number of aryl methyl sites for hydroxylation is 2. The van der Waals surface area contributed by atoms with E-state index in [1.807, 2.05) is 44.2 Å². The Morgan fingerprint density at radius 3 is 2.00 bits per heavy atom. The predicted octanol–water partition coefficient (Wildman–Crippen LogP) is 4.18. The second kappa shape index (κ2) is 9.03. The molecule has 0 bridgehead atoms. The molecule has 6 heteroatoms. The highest BCUT2D eigenvalue weighted by atomic mass is 32.2. The van der Waals surface area contributed by atoms with Crippen molar-refractivity contribution in [3.63, 3.8) is 0 Å². The zero-order valence-electron chi connectivity index (χ0n) is 16.3. The van der Waals surface area contributed by atoms with Crippen LogP contribution in [0.5, 0.6) is 0 Å². The fraction of sp³-hybridized carbons (Fsp3) is 0.174. The Bertz CT molecular complexity index is 1060. The third-order valence-electron chi connectivity index (χ3n) is 4.50. The van der Waals surface area contributed by atoms with Crippen LogP contribution in [-0.2, 0) is 14.8 Å². The summed E-state index contributed by atoms with van der Waals surface area (Å²) in [5, 5.41) is 0. The summed E-state index contributed by atoms with van der Waals surface area (Å²) in [4.78, 5) is 12.5. The van der Waals surface area contributed by atoms with Gasteiger partial charge in [0.05, 0.1) is 16.5 Å². The minimum Gasteiger partial charge on any atom is -0.460 e. The molecule has 0 amide bonds. The van der Waals surface area contributed by atoms with Crippen LogP contribution in [0.25, 0.3) is 0 Å². The van der Waals surface area contributed by atoms with Gasteiger partial charge >= 0.3 is 5.97 Å². The summed E-state index contributed by atoms with van der Waals surface area (Å²) >= 11 is 0. The van der Waals surface area contributed by atoms with Crippen molar-refractivity contribution in [3.05, 3.63) is 101 Å². The monoisotopic (exact) mass is 409 g/mol. The van der Waals surface area contributed by atoms with Gasteiger partial charge < -0.3 is 4.74 Å². The van der Waals surface area contributed by atoms with E-state index in [0.717, 1.165) is 11.1 Å². The molecular formula is C23H23NO4S. The van der Waals surface area contributed by atoms with Crippen LogP contribution in [0.1, 0.15) is 33.1 Å². The van der Waals surface area contributed by atoms with Crippen molar-refractivity contribution in [2.45, 2.75) is 24.8 Å². The minimum absolute atomic E-state index is 0.123. The Morgan fingerprint density at radius 1 is 0.862 bits per heavy atom. The van der Waals surface area contributed by atoms with Gasteiger partial charge in [-0.3, -0.25) is 0 Å². The maximum Gasteiger partial charge on any atom is 0.338 e. The average molecular weight is 410 g/mol. The van der Waals surface area contributed by atoms with Crippen molar-refractivity contribution >= 4 is 16.0 Å². The second-order valence-corrected chi connectivity index (χ2v) is 8.58. The van der Waals surface area contributed by atoms with E-state index < -0.39 is 22.0 Å². The van der Waals surface area contributed by atoms with Crippen LogP contribution in [-0.4, -0.2) is 21.0 Å². The van der Waals surface area contributed by atoms with Gasteiger partial charge in [0.1, 0.15) is 6.61 Å². The number of hydrogen-bond acceptors (Lipinski definition) is 4. The lowest BCUT2D eigenvalue weighted by Crippen LogP contribution is -2.32. The smallest absolute Gasteiger partial charge is 0.338 e. The van der Waals surface area contributed by atoms with E-state index >= 15 is 0 Å². The molecular weight excluding hydrogens is 386 g/mol. The van der Waals surface area contributed by atoms with Crippen molar-refractivity contribution in [3.8, 4) is 0 Å². The van der Waals surface area contributed by atoms with Crippen LogP contribution in [0.4, 0.5) is 0 Å². The Morgan fingerprint density at radius 2 is 1.41 bits per heavy atom. The van der Waals surface area contributed by atoms with Gasteiger partial charge in [0, 0.05) is 0 Å². The van der Waals surface area contributed by atoms with Crippen molar-refractivity contribution in [1.29, 1.82) is 0 Å². The lowest BCUT2D eigenvalue weighted by molar-refractivity contribution is 0.0474. The Labute approximate surface area is 171 Å². The van der Waals surface area contributed by atoms with Crippen LogP contribution in [0, 0.1) is 13.8 Å². The zero-order chi connectivity index (χ0) is 20.9. The summed E-state index contributed by atoms with van der Waals surface area (Å²) in [6, 6.07) is 21.9. The van der Waals surface area contributed by atoms with Gasteiger partial charge in [0.2, 0.25) is 10.0 Å². The van der Waals surface area contributed by atoms with Crippen LogP contribution in [0.3, 0.4) is 0 Å². The number of ether oxygens (including phenoxy) is 1. The third-order valence-corrected chi connectivity index (χ3v) is 5.99. The van der Waals surface area contributed by atoms with E-state index in [-0.39, 0.29) is 11.5 Å². The summed E-state index contributed by atoms with van der Waals surface area (Å²) < 4.78 is 33.8. The predicted molar refractivity (Wildman–Crippen MR) is 112 cm³/mol. The molecule has 5 nitrogen and oxygen atoms in total. The number of benzene rings is 3. The highest BCUT2D eigenvalue weighted by Crippen LogP contribution is 2.20.